The third kappa shape index (κ3) is 4.68. The van der Waals surface area contributed by atoms with E-state index in [9.17, 15) is 17.6 Å². The van der Waals surface area contributed by atoms with Gasteiger partial charge in [0.2, 0.25) is 15.0 Å². The van der Waals surface area contributed by atoms with Gasteiger partial charge in [-0.05, 0) is 43.2 Å². The molecule has 0 unspecified atom stereocenters. The van der Waals surface area contributed by atoms with Gasteiger partial charge >= 0.3 is 0 Å². The molecule has 1 atom stereocenters. The molecule has 3 aromatic rings. The van der Waals surface area contributed by atoms with Crippen LogP contribution in [0.5, 0.6) is 11.5 Å². The minimum Gasteiger partial charge on any atom is -0.497 e. The zero-order chi connectivity index (χ0) is 23.6. The highest BCUT2D eigenvalue weighted by atomic mass is 32.2. The van der Waals surface area contributed by atoms with Crippen LogP contribution in [-0.4, -0.2) is 49.6 Å². The average molecular weight is 493 g/mol. The van der Waals surface area contributed by atoms with Crippen LogP contribution in [0.1, 0.15) is 33.7 Å². The molecule has 9 nitrogen and oxygen atoms in total. The van der Waals surface area contributed by atoms with E-state index >= 15 is 0 Å². The quantitative estimate of drug-likeness (QED) is 0.538. The molecule has 33 heavy (non-hydrogen) atoms. The number of rotatable bonds is 7. The predicted octanol–water partition coefficient (Wildman–Crippen LogP) is 3.47. The summed E-state index contributed by atoms with van der Waals surface area (Å²) in [5.74, 6) is -0.442. The first-order valence-electron chi connectivity index (χ1n) is 9.97. The predicted molar refractivity (Wildman–Crippen MR) is 120 cm³/mol. The molecule has 0 spiro atoms. The molecule has 174 valence electrons. The normalized spacial score (nSPS) is 16.5. The molecule has 12 heteroatoms. The van der Waals surface area contributed by atoms with Crippen LogP contribution in [0.3, 0.4) is 0 Å². The number of benzene rings is 2. The molecule has 1 N–H and O–H groups in total. The van der Waals surface area contributed by atoms with Crippen molar-refractivity contribution in [2.24, 2.45) is 0 Å². The smallest absolute Gasteiger partial charge is 0.286 e. The molecule has 1 fully saturated rings. The van der Waals surface area contributed by atoms with Crippen molar-refractivity contribution >= 4 is 33.0 Å². The van der Waals surface area contributed by atoms with E-state index < -0.39 is 27.8 Å². The number of aromatic nitrogens is 2. The highest BCUT2D eigenvalue weighted by molar-refractivity contribution is 7.89. The van der Waals surface area contributed by atoms with Crippen molar-refractivity contribution < 1.29 is 27.1 Å². The van der Waals surface area contributed by atoms with Gasteiger partial charge in [0.1, 0.15) is 27.2 Å². The van der Waals surface area contributed by atoms with E-state index in [-0.39, 0.29) is 27.9 Å². The summed E-state index contributed by atoms with van der Waals surface area (Å²) >= 11 is 1.00. The number of carbonyl (C=O) groups is 1. The lowest BCUT2D eigenvalue weighted by Gasteiger charge is -2.23. The molecule has 2 heterocycles. The molecule has 0 saturated carbocycles. The lowest BCUT2D eigenvalue weighted by molar-refractivity contribution is 0.102. The summed E-state index contributed by atoms with van der Waals surface area (Å²) < 4.78 is 52.2. The lowest BCUT2D eigenvalue weighted by Crippen LogP contribution is -2.31. The Kier molecular flexibility index (Phi) is 6.58. The summed E-state index contributed by atoms with van der Waals surface area (Å²) in [7, 11) is -1.10. The van der Waals surface area contributed by atoms with Gasteiger partial charge in [-0.1, -0.05) is 17.4 Å². The number of sulfonamides is 1. The molecule has 0 radical (unpaired) electrons. The van der Waals surface area contributed by atoms with Gasteiger partial charge in [0.15, 0.2) is 0 Å². The number of nitrogens with one attached hydrogen (secondary N) is 1. The van der Waals surface area contributed by atoms with Gasteiger partial charge in [0, 0.05) is 18.3 Å². The van der Waals surface area contributed by atoms with Crippen molar-refractivity contribution in [2.45, 2.75) is 23.8 Å². The molecule has 0 bridgehead atoms. The van der Waals surface area contributed by atoms with E-state index in [2.05, 4.69) is 15.5 Å². The summed E-state index contributed by atoms with van der Waals surface area (Å²) in [6.45, 7) is 0.289. The third-order valence-electron chi connectivity index (χ3n) is 5.16. The van der Waals surface area contributed by atoms with Crippen LogP contribution >= 0.6 is 11.3 Å². The number of hydrogen-bond acceptors (Lipinski definition) is 8. The van der Waals surface area contributed by atoms with Gasteiger partial charge in [-0.15, -0.1) is 10.2 Å². The second-order valence-electron chi connectivity index (χ2n) is 7.20. The van der Waals surface area contributed by atoms with Crippen molar-refractivity contribution in [3.05, 3.63) is 58.3 Å². The Morgan fingerprint density at radius 3 is 2.73 bits per heavy atom. The molecule has 0 aliphatic carbocycles. The van der Waals surface area contributed by atoms with E-state index in [1.807, 2.05) is 0 Å². The second kappa shape index (κ2) is 9.41. The summed E-state index contributed by atoms with van der Waals surface area (Å²) in [5.41, 5.74) is 0.284. The Morgan fingerprint density at radius 2 is 2.00 bits per heavy atom. The summed E-state index contributed by atoms with van der Waals surface area (Å²) in [4.78, 5) is 12.5. The molecular weight excluding hydrogens is 471 g/mol. The number of carbonyl (C=O) groups excluding carboxylic acids is 1. The van der Waals surface area contributed by atoms with Crippen molar-refractivity contribution in [1.29, 1.82) is 0 Å². The van der Waals surface area contributed by atoms with Crippen LogP contribution in [0.15, 0.2) is 47.4 Å². The van der Waals surface area contributed by atoms with Gasteiger partial charge in [0.25, 0.3) is 5.91 Å². The van der Waals surface area contributed by atoms with Crippen LogP contribution in [0.25, 0.3) is 0 Å². The number of halogens is 1. The minimum absolute atomic E-state index is 0.00941. The van der Waals surface area contributed by atoms with E-state index in [1.54, 1.807) is 12.1 Å². The highest BCUT2D eigenvalue weighted by Crippen LogP contribution is 2.40. The second-order valence-corrected chi connectivity index (χ2v) is 10.1. The number of hydrogen-bond donors (Lipinski definition) is 1. The number of ether oxygens (including phenoxy) is 2. The Morgan fingerprint density at radius 1 is 1.18 bits per heavy atom. The first-order chi connectivity index (χ1) is 15.8. The van der Waals surface area contributed by atoms with Crippen LogP contribution in [0, 0.1) is 5.82 Å². The highest BCUT2D eigenvalue weighted by Gasteiger charge is 2.40. The summed E-state index contributed by atoms with van der Waals surface area (Å²) in [6.07, 6.45) is 1.16. The Labute approximate surface area is 194 Å². The molecule has 1 saturated heterocycles. The van der Waals surface area contributed by atoms with Gasteiger partial charge in [-0.25, -0.2) is 12.8 Å². The Hall–Kier alpha value is -3.09. The maximum atomic E-state index is 13.5. The fraction of sp³-hybridized carbons (Fsp3) is 0.286. The lowest BCUT2D eigenvalue weighted by atomic mass is 10.2. The molecule has 4 rings (SSSR count). The fourth-order valence-electron chi connectivity index (χ4n) is 3.60. The van der Waals surface area contributed by atoms with Crippen molar-refractivity contribution in [2.75, 3.05) is 26.1 Å². The zero-order valence-corrected chi connectivity index (χ0v) is 19.5. The van der Waals surface area contributed by atoms with Crippen LogP contribution < -0.4 is 14.8 Å². The van der Waals surface area contributed by atoms with Crippen LogP contribution in [0.2, 0.25) is 0 Å². The van der Waals surface area contributed by atoms with Crippen LogP contribution in [-0.2, 0) is 10.0 Å². The average Bonchev–Trinajstić information content (AvgIpc) is 3.48. The SMILES string of the molecule is COc1ccc(OC)c(S(=O)(=O)N2CCC[C@@H]2c2nnc(C(=O)Nc3cccc(F)c3)s2)c1. The number of methoxy groups -OCH3 is 2. The largest absolute Gasteiger partial charge is 0.497 e. The molecule has 1 aliphatic heterocycles. The maximum absolute atomic E-state index is 13.5. The van der Waals surface area contributed by atoms with Gasteiger partial charge in [-0.2, -0.15) is 4.31 Å². The topological polar surface area (TPSA) is 111 Å². The monoisotopic (exact) mass is 492 g/mol. The third-order valence-corrected chi connectivity index (χ3v) is 8.12. The van der Waals surface area contributed by atoms with Crippen molar-refractivity contribution in [3.8, 4) is 11.5 Å². The zero-order valence-electron chi connectivity index (χ0n) is 17.8. The molecule has 1 aliphatic rings. The van der Waals surface area contributed by atoms with Crippen molar-refractivity contribution in [1.82, 2.24) is 14.5 Å². The van der Waals surface area contributed by atoms with Gasteiger partial charge < -0.3 is 14.8 Å². The van der Waals surface area contributed by atoms with Gasteiger partial charge in [0.05, 0.1) is 20.3 Å². The van der Waals surface area contributed by atoms with Crippen molar-refractivity contribution in [3.63, 3.8) is 0 Å². The maximum Gasteiger partial charge on any atom is 0.286 e. The number of nitrogens with zero attached hydrogens (tertiary/aromatic N) is 3. The standard InChI is InChI=1S/C21H21FN4O5S2/c1-30-15-8-9-17(31-2)18(12-15)33(28,29)26-10-4-7-16(26)20-24-25-21(32-20)19(27)23-14-6-3-5-13(22)11-14/h3,5-6,8-9,11-12,16H,4,7,10H2,1-2H3,(H,23,27)/t16-/m1/s1. The van der Waals surface area contributed by atoms with E-state index in [0.717, 1.165) is 11.3 Å². The minimum atomic E-state index is -3.95. The van der Waals surface area contributed by atoms with E-state index in [4.69, 9.17) is 9.47 Å². The summed E-state index contributed by atoms with van der Waals surface area (Å²) in [5, 5.41) is 11.0. The molecule has 2 aromatic carbocycles. The van der Waals surface area contributed by atoms with Crippen LogP contribution in [0.4, 0.5) is 10.1 Å². The Bertz CT molecular complexity index is 1280. The molecule has 1 amide bonds. The Balaban J connectivity index is 1.59. The summed E-state index contributed by atoms with van der Waals surface area (Å²) in [6, 6.07) is 9.49. The number of anilines is 1. The molecular formula is C21H21FN4O5S2. The van der Waals surface area contributed by atoms with Gasteiger partial charge in [-0.3, -0.25) is 4.79 Å². The van der Waals surface area contributed by atoms with E-state index in [1.165, 1.54) is 48.9 Å². The van der Waals surface area contributed by atoms with E-state index in [0.29, 0.717) is 23.6 Å². The number of amides is 1. The first-order valence-corrected chi connectivity index (χ1v) is 12.2. The molecule has 1 aromatic heterocycles. The fourth-order valence-corrected chi connectivity index (χ4v) is 6.38. The first kappa shape index (κ1) is 23.1.